The van der Waals surface area contributed by atoms with Crippen LogP contribution in [0.3, 0.4) is 0 Å². The normalized spacial score (nSPS) is 19.0. The van der Waals surface area contributed by atoms with Crippen molar-refractivity contribution in [2.24, 2.45) is 0 Å². The monoisotopic (exact) mass is 338 g/mol. The third-order valence-corrected chi connectivity index (χ3v) is 5.08. The Morgan fingerprint density at radius 1 is 1.23 bits per heavy atom. The predicted molar refractivity (Wildman–Crippen MR) is 72.0 cm³/mol. The van der Waals surface area contributed by atoms with Crippen molar-refractivity contribution in [3.05, 3.63) is 39.4 Å². The van der Waals surface area contributed by atoms with E-state index in [4.69, 9.17) is 0 Å². The first kappa shape index (κ1) is 16.7. The summed E-state index contributed by atoms with van der Waals surface area (Å²) >= 11 is 0. The van der Waals surface area contributed by atoms with Crippen molar-refractivity contribution in [2.45, 2.75) is 12.7 Å². The molecule has 1 aromatic carbocycles. The van der Waals surface area contributed by atoms with Crippen molar-refractivity contribution < 1.29 is 26.5 Å². The third-order valence-electron chi connectivity index (χ3n) is 3.47. The minimum Gasteiger partial charge on any atom is -0.297 e. The molecular weight excluding hydrogens is 325 g/mol. The van der Waals surface area contributed by atoms with Crippen LogP contribution in [0.15, 0.2) is 18.2 Å². The first-order valence-electron chi connectivity index (χ1n) is 6.36. The summed E-state index contributed by atoms with van der Waals surface area (Å²) in [4.78, 5) is 11.6. The molecule has 122 valence electrons. The summed E-state index contributed by atoms with van der Waals surface area (Å²) in [6.45, 7) is -0.182. The summed E-state index contributed by atoms with van der Waals surface area (Å²) < 4.78 is 61.8. The number of rotatable bonds is 3. The summed E-state index contributed by atoms with van der Waals surface area (Å²) in [5.74, 6) is -0.316. The summed E-state index contributed by atoms with van der Waals surface area (Å²) in [5, 5.41) is 11.0. The van der Waals surface area contributed by atoms with Crippen molar-refractivity contribution >= 4 is 15.5 Å². The number of alkyl halides is 3. The van der Waals surface area contributed by atoms with Gasteiger partial charge < -0.3 is 0 Å². The molecule has 0 atom stereocenters. The highest BCUT2D eigenvalue weighted by molar-refractivity contribution is 7.91. The van der Waals surface area contributed by atoms with Crippen LogP contribution in [0, 0.1) is 10.1 Å². The van der Waals surface area contributed by atoms with Crippen molar-refractivity contribution in [3.8, 4) is 0 Å². The molecule has 0 radical (unpaired) electrons. The van der Waals surface area contributed by atoms with Crippen LogP contribution in [0.4, 0.5) is 18.9 Å². The highest BCUT2D eigenvalue weighted by Crippen LogP contribution is 2.36. The van der Waals surface area contributed by atoms with E-state index >= 15 is 0 Å². The van der Waals surface area contributed by atoms with Gasteiger partial charge in [0, 0.05) is 25.7 Å². The van der Waals surface area contributed by atoms with E-state index in [2.05, 4.69) is 0 Å². The van der Waals surface area contributed by atoms with Gasteiger partial charge in [-0.1, -0.05) is 6.07 Å². The number of hydrogen-bond acceptors (Lipinski definition) is 5. The Labute approximate surface area is 124 Å². The van der Waals surface area contributed by atoms with E-state index in [9.17, 15) is 31.7 Å². The molecule has 1 aliphatic rings. The van der Waals surface area contributed by atoms with Crippen LogP contribution < -0.4 is 0 Å². The van der Waals surface area contributed by atoms with Crippen LogP contribution in [-0.2, 0) is 22.6 Å². The van der Waals surface area contributed by atoms with Gasteiger partial charge in [0.15, 0.2) is 9.84 Å². The van der Waals surface area contributed by atoms with E-state index in [1.165, 1.54) is 4.90 Å². The summed E-state index contributed by atoms with van der Waals surface area (Å²) in [6, 6.07) is 2.80. The molecule has 1 aromatic rings. The highest BCUT2D eigenvalue weighted by atomic mass is 32.2. The molecule has 0 aliphatic carbocycles. The highest BCUT2D eigenvalue weighted by Gasteiger charge is 2.37. The molecule has 0 N–H and O–H groups in total. The fraction of sp³-hybridized carbons (Fsp3) is 0.500. The topological polar surface area (TPSA) is 80.5 Å². The van der Waals surface area contributed by atoms with Crippen LogP contribution in [0.1, 0.15) is 11.1 Å². The fourth-order valence-corrected chi connectivity index (χ4v) is 3.59. The summed E-state index contributed by atoms with van der Waals surface area (Å²) in [7, 11) is -3.17. The van der Waals surface area contributed by atoms with Gasteiger partial charge in [-0.25, -0.2) is 8.42 Å². The van der Waals surface area contributed by atoms with Crippen LogP contribution in [-0.4, -0.2) is 42.8 Å². The summed E-state index contributed by atoms with van der Waals surface area (Å²) in [5.41, 5.74) is -2.10. The predicted octanol–water partition coefficient (Wildman–Crippen LogP) is 1.84. The zero-order valence-electron chi connectivity index (χ0n) is 11.3. The molecule has 2 rings (SSSR count). The van der Waals surface area contributed by atoms with E-state index in [1.54, 1.807) is 0 Å². The average Bonchev–Trinajstić information content (AvgIpc) is 2.40. The summed E-state index contributed by atoms with van der Waals surface area (Å²) in [6.07, 6.45) is -4.71. The molecule has 1 saturated heterocycles. The van der Waals surface area contributed by atoms with E-state index in [0.29, 0.717) is 0 Å². The second-order valence-corrected chi connectivity index (χ2v) is 7.29. The molecule has 0 aromatic heterocycles. The largest absolute Gasteiger partial charge is 0.416 e. The van der Waals surface area contributed by atoms with Gasteiger partial charge in [-0.2, -0.15) is 13.2 Å². The van der Waals surface area contributed by atoms with Crippen molar-refractivity contribution in [1.82, 2.24) is 4.90 Å². The Bertz CT molecular complexity index is 674. The van der Waals surface area contributed by atoms with Gasteiger partial charge in [-0.15, -0.1) is 0 Å². The minimum atomic E-state index is -4.71. The first-order chi connectivity index (χ1) is 10.1. The quantitative estimate of drug-likeness (QED) is 0.621. The number of nitrogens with zero attached hydrogens (tertiary/aromatic N) is 2. The minimum absolute atomic E-state index is 0.0612. The molecule has 22 heavy (non-hydrogen) atoms. The van der Waals surface area contributed by atoms with Gasteiger partial charge in [0.05, 0.1) is 27.6 Å². The zero-order chi connectivity index (χ0) is 16.5. The van der Waals surface area contributed by atoms with Gasteiger partial charge in [0.25, 0.3) is 5.69 Å². The molecular formula is C12H13F3N2O4S. The fourth-order valence-electron chi connectivity index (χ4n) is 2.31. The second kappa shape index (κ2) is 5.84. The molecule has 0 spiro atoms. The van der Waals surface area contributed by atoms with Crippen molar-refractivity contribution in [2.75, 3.05) is 24.6 Å². The maximum absolute atomic E-state index is 13.0. The Balaban J connectivity index is 2.34. The number of nitro groups is 1. The Morgan fingerprint density at radius 3 is 2.32 bits per heavy atom. The lowest BCUT2D eigenvalue weighted by Gasteiger charge is -2.27. The van der Waals surface area contributed by atoms with E-state index in [0.717, 1.165) is 18.2 Å². The number of benzene rings is 1. The van der Waals surface area contributed by atoms with Crippen LogP contribution >= 0.6 is 0 Å². The van der Waals surface area contributed by atoms with Crippen LogP contribution in [0.5, 0.6) is 0 Å². The SMILES string of the molecule is O=[N+]([O-])c1cccc(C(F)(F)F)c1CN1CCS(=O)(=O)CC1. The number of halogens is 3. The molecule has 0 bridgehead atoms. The van der Waals surface area contributed by atoms with Crippen molar-refractivity contribution in [1.29, 1.82) is 0 Å². The average molecular weight is 338 g/mol. The van der Waals surface area contributed by atoms with Crippen LogP contribution in [0.25, 0.3) is 0 Å². The number of hydrogen-bond donors (Lipinski definition) is 0. The first-order valence-corrected chi connectivity index (χ1v) is 8.18. The molecule has 1 heterocycles. The number of nitro benzene ring substituents is 1. The third kappa shape index (κ3) is 3.74. The van der Waals surface area contributed by atoms with Gasteiger partial charge in [0.2, 0.25) is 0 Å². The van der Waals surface area contributed by atoms with Gasteiger partial charge in [0.1, 0.15) is 0 Å². The molecule has 1 aliphatic heterocycles. The lowest BCUT2D eigenvalue weighted by Crippen LogP contribution is -2.40. The van der Waals surface area contributed by atoms with E-state index < -0.39 is 37.8 Å². The molecule has 6 nitrogen and oxygen atoms in total. The lowest BCUT2D eigenvalue weighted by molar-refractivity contribution is -0.386. The van der Waals surface area contributed by atoms with E-state index in [1.807, 2.05) is 0 Å². The van der Waals surface area contributed by atoms with Crippen molar-refractivity contribution in [3.63, 3.8) is 0 Å². The number of sulfone groups is 1. The zero-order valence-corrected chi connectivity index (χ0v) is 12.2. The maximum Gasteiger partial charge on any atom is 0.416 e. The van der Waals surface area contributed by atoms with Gasteiger partial charge in [-0.3, -0.25) is 15.0 Å². The molecule has 0 unspecified atom stereocenters. The molecule has 0 saturated carbocycles. The maximum atomic E-state index is 13.0. The second-order valence-electron chi connectivity index (χ2n) is 4.99. The lowest BCUT2D eigenvalue weighted by atomic mass is 10.0. The molecule has 1 fully saturated rings. The van der Waals surface area contributed by atoms with Gasteiger partial charge in [-0.05, 0) is 6.07 Å². The Kier molecular flexibility index (Phi) is 4.43. The molecule has 0 amide bonds. The van der Waals surface area contributed by atoms with E-state index in [-0.39, 0.29) is 31.1 Å². The molecule has 10 heteroatoms. The smallest absolute Gasteiger partial charge is 0.297 e. The Morgan fingerprint density at radius 2 is 1.82 bits per heavy atom. The Hall–Kier alpha value is -1.68. The standard InChI is InChI=1S/C12H13F3N2O4S/c13-12(14,15)10-2-1-3-11(17(18)19)9(10)8-16-4-6-22(20,21)7-5-16/h1-3H,4-8H2. The van der Waals surface area contributed by atoms with Crippen LogP contribution in [0.2, 0.25) is 0 Å². The van der Waals surface area contributed by atoms with Gasteiger partial charge >= 0.3 is 6.18 Å².